The number of phenolic OH excluding ortho intramolecular Hbond substituents is 2. The number of hydrogen-bond donors (Lipinski definition) is 2. The van der Waals surface area contributed by atoms with Crippen LogP contribution in [0.15, 0.2) is 107 Å². The van der Waals surface area contributed by atoms with Crippen molar-refractivity contribution in [1.82, 2.24) is 0 Å². The summed E-state index contributed by atoms with van der Waals surface area (Å²) in [6, 6.07) is 26.4. The van der Waals surface area contributed by atoms with Gasteiger partial charge in [-0.1, -0.05) is 72.8 Å². The summed E-state index contributed by atoms with van der Waals surface area (Å²) >= 11 is 10.1. The summed E-state index contributed by atoms with van der Waals surface area (Å²) in [5, 5.41) is 26.8. The molecule has 0 bridgehead atoms. The Morgan fingerprint density at radius 1 is 0.463 bits per heavy atom. The number of nitrogens with zero attached hydrogens (tertiary/aromatic N) is 4. The topological polar surface area (TPSA) is 103 Å². The van der Waals surface area contributed by atoms with Gasteiger partial charge in [-0.05, 0) is 79.7 Å². The van der Waals surface area contributed by atoms with Gasteiger partial charge in [0.1, 0.15) is 11.5 Å². The molecule has 4 aromatic rings. The molecule has 0 unspecified atom stereocenters. The molecule has 0 atom stereocenters. The van der Waals surface area contributed by atoms with Gasteiger partial charge >= 0.3 is 0 Å². The zero-order valence-corrected chi connectivity index (χ0v) is 36.5. The third-order valence-corrected chi connectivity index (χ3v) is 10.5. The van der Waals surface area contributed by atoms with Crippen molar-refractivity contribution in [2.75, 3.05) is 52.4 Å². The number of rotatable bonds is 12. The molecule has 8 nitrogen and oxygen atoms in total. The van der Waals surface area contributed by atoms with Gasteiger partial charge in [-0.15, -0.1) is 0 Å². The molecule has 0 heterocycles. The first-order valence-corrected chi connectivity index (χ1v) is 19.0. The molecule has 0 aliphatic heterocycles. The van der Waals surface area contributed by atoms with Gasteiger partial charge in [-0.25, -0.2) is 0 Å². The number of hydrogen-bond acceptors (Lipinski definition) is 6. The molecular weight excluding hydrogens is 806 g/mol. The van der Waals surface area contributed by atoms with E-state index in [9.17, 15) is 19.8 Å². The van der Waals surface area contributed by atoms with Crippen LogP contribution in [0.1, 0.15) is 76.1 Å². The second kappa shape index (κ2) is 28.2. The molecule has 0 spiro atoms. The Balaban J connectivity index is 0. The largest absolute Gasteiger partial charge is 0.781 e. The van der Waals surface area contributed by atoms with Gasteiger partial charge < -0.3 is 64.7 Å². The van der Waals surface area contributed by atoms with Crippen molar-refractivity contribution in [3.8, 4) is 11.5 Å². The summed E-state index contributed by atoms with van der Waals surface area (Å²) in [4.78, 5) is 24.6. The maximum Gasteiger partial charge on any atom is 0.124 e. The van der Waals surface area contributed by atoms with E-state index < -0.39 is 11.8 Å². The molecule has 0 aromatic heterocycles. The van der Waals surface area contributed by atoms with E-state index in [1.807, 2.05) is 0 Å². The van der Waals surface area contributed by atoms with Gasteiger partial charge in [0.05, 0.1) is 64.2 Å². The zero-order valence-electron chi connectivity index (χ0n) is 32.8. The standard InChI is InChI=1S/2C13H11NO2S.2C8H20N.2Ni/c2*15-11-7-3-1-5-9(11)13(16)14-10-6-2-4-8-12(10)17;2*1-5-9(6-2,7-3)8-4;;/h2*1-8H,(H3,14,15,16,17);2*5-8H2,1-4H3;;/q;;2*+1;;/p-4. The fraction of sp³-hybridized carbons (Fsp3) is 0.381. The van der Waals surface area contributed by atoms with Crippen LogP contribution in [0.4, 0.5) is 11.4 Å². The molecule has 2 N–H and O–H groups in total. The second-order valence-electron chi connectivity index (χ2n) is 12.0. The maximum absolute atomic E-state index is 11.8. The van der Waals surface area contributed by atoms with Crippen molar-refractivity contribution in [2.24, 2.45) is 0 Å². The average Bonchev–Trinajstić information content (AvgIpc) is 3.17. The van der Waals surface area contributed by atoms with Crippen molar-refractivity contribution in [2.45, 2.75) is 65.2 Å². The molecule has 0 aliphatic carbocycles. The molecule has 304 valence electrons. The number of carbonyl (C=O) groups excluding carboxylic acids is 2. The van der Waals surface area contributed by atoms with Crippen LogP contribution in [0.25, 0.3) is 10.6 Å². The van der Waals surface area contributed by atoms with Crippen LogP contribution >= 0.6 is 0 Å². The van der Waals surface area contributed by atoms with Crippen LogP contribution in [0.5, 0.6) is 11.5 Å². The number of benzene rings is 4. The predicted molar refractivity (Wildman–Crippen MR) is 220 cm³/mol. The Bertz CT molecular complexity index is 1500. The van der Waals surface area contributed by atoms with Gasteiger partial charge in [-0.2, -0.15) is 21.2 Å². The van der Waals surface area contributed by atoms with E-state index in [1.165, 1.54) is 85.6 Å². The number of aromatic hydroxyl groups is 2. The van der Waals surface area contributed by atoms with E-state index in [1.54, 1.807) is 72.8 Å². The summed E-state index contributed by atoms with van der Waals surface area (Å²) in [5.41, 5.74) is 1.23. The Morgan fingerprint density at radius 2 is 0.704 bits per heavy atom. The molecule has 0 saturated carbocycles. The van der Waals surface area contributed by atoms with Crippen molar-refractivity contribution in [1.29, 1.82) is 0 Å². The molecule has 4 aromatic carbocycles. The van der Waals surface area contributed by atoms with E-state index in [0.29, 0.717) is 21.2 Å². The summed E-state index contributed by atoms with van der Waals surface area (Å²) in [7, 11) is 0. The smallest absolute Gasteiger partial charge is 0.124 e. The minimum Gasteiger partial charge on any atom is -0.781 e. The molecule has 0 radical (unpaired) electrons. The average molecular weight is 864 g/mol. The molecule has 2 amide bonds. The summed E-state index contributed by atoms with van der Waals surface area (Å²) in [6.45, 7) is 28.4. The number of quaternary nitrogens is 2. The van der Waals surface area contributed by atoms with Gasteiger partial charge in [0.15, 0.2) is 0 Å². The second-order valence-corrected chi connectivity index (χ2v) is 12.9. The van der Waals surface area contributed by atoms with Crippen molar-refractivity contribution >= 4 is 48.4 Å². The van der Waals surface area contributed by atoms with Gasteiger partial charge in [0.25, 0.3) is 0 Å². The van der Waals surface area contributed by atoms with E-state index in [0.717, 1.165) is 0 Å². The summed E-state index contributed by atoms with van der Waals surface area (Å²) in [5.74, 6) is -1.16. The Kier molecular flexibility index (Phi) is 27.6. The predicted octanol–water partition coefficient (Wildman–Crippen LogP) is 10.0. The van der Waals surface area contributed by atoms with Crippen LogP contribution in [-0.2, 0) is 58.2 Å². The van der Waals surface area contributed by atoms with Gasteiger partial charge in [-0.3, -0.25) is 0 Å². The fourth-order valence-corrected chi connectivity index (χ4v) is 5.82. The van der Waals surface area contributed by atoms with Crippen LogP contribution in [0.2, 0.25) is 0 Å². The first kappa shape index (κ1) is 52.9. The Labute approximate surface area is 356 Å². The van der Waals surface area contributed by atoms with Crippen molar-refractivity contribution in [3.63, 3.8) is 0 Å². The van der Waals surface area contributed by atoms with Gasteiger partial charge in [0, 0.05) is 44.1 Å². The Hall–Kier alpha value is -3.23. The monoisotopic (exact) mass is 862 g/mol. The van der Waals surface area contributed by atoms with E-state index >= 15 is 0 Å². The van der Waals surface area contributed by atoms with Crippen LogP contribution in [-0.4, -0.2) is 83.4 Å². The Morgan fingerprint density at radius 3 is 0.926 bits per heavy atom. The molecule has 0 saturated heterocycles. The van der Waals surface area contributed by atoms with E-state index in [-0.39, 0.29) is 55.6 Å². The van der Waals surface area contributed by atoms with Crippen LogP contribution in [0, 0.1) is 0 Å². The van der Waals surface area contributed by atoms with Crippen molar-refractivity contribution in [3.05, 3.63) is 119 Å². The molecular formula is C42H58N4Ni2O4S2-2. The van der Waals surface area contributed by atoms with Crippen LogP contribution < -0.4 is 0 Å². The van der Waals surface area contributed by atoms with Gasteiger partial charge in [0.2, 0.25) is 0 Å². The molecule has 12 heteroatoms. The quantitative estimate of drug-likeness (QED) is 0.0836. The third kappa shape index (κ3) is 17.1. The SMILES string of the molecule is CC[N+](CC)(CC)CC.CC[N+](CC)(CC)CC.O=C([N-]c1ccccc1[S-])c1ccccc1O.O=C([N-]c1ccccc1[S-])c1ccccc1O.[Ni].[Ni]. The molecule has 0 aliphatic rings. The number of carbonyl (C=O) groups is 2. The summed E-state index contributed by atoms with van der Waals surface area (Å²) < 4.78 is 2.56. The zero-order chi connectivity index (χ0) is 39.2. The number of para-hydroxylation sites is 4. The number of amides is 2. The van der Waals surface area contributed by atoms with Crippen LogP contribution in [0.3, 0.4) is 0 Å². The summed E-state index contributed by atoms with van der Waals surface area (Å²) in [6.07, 6.45) is 0. The first-order chi connectivity index (χ1) is 24.8. The fourth-order valence-electron chi connectivity index (χ4n) is 5.43. The molecule has 4 rings (SSSR count). The third-order valence-electron chi connectivity index (χ3n) is 9.81. The van der Waals surface area contributed by atoms with Crippen molar-refractivity contribution < 1.29 is 61.8 Å². The molecule has 0 fully saturated rings. The minimum atomic E-state index is -0.500. The maximum atomic E-state index is 11.8. The molecule has 54 heavy (non-hydrogen) atoms. The van der Waals surface area contributed by atoms with E-state index in [4.69, 9.17) is 25.3 Å². The normalized spacial score (nSPS) is 10.2. The first-order valence-electron chi connectivity index (χ1n) is 18.2. The van der Waals surface area contributed by atoms with E-state index in [2.05, 4.69) is 66.0 Å². The minimum absolute atomic E-state index is 0. The number of phenols is 2.